The fraction of sp³-hybridized carbons (Fsp3) is 0.357. The summed E-state index contributed by atoms with van der Waals surface area (Å²) in [5.41, 5.74) is 4.04. The Balaban J connectivity index is 1.11. The molecule has 0 bridgehead atoms. The van der Waals surface area contributed by atoms with Gasteiger partial charge in [-0.1, -0.05) is 23.2 Å². The standard InChI is InChI=1S/C28H32Cl2N6/c1-19(33-25-7-9-31-27-15-21(29)3-5-23(25)27)17-35-11-13-36(14-12-35)18-20(2)34-26-8-10-32-28-16-22(30)4-6-24(26)28/h3-10,15-16,19-20H,11-14,17-18H2,1-2H3,(H,31,33)(H,32,34). The van der Waals surface area contributed by atoms with Crippen LogP contribution in [0.25, 0.3) is 21.8 Å². The van der Waals surface area contributed by atoms with Gasteiger partial charge in [0.2, 0.25) is 0 Å². The van der Waals surface area contributed by atoms with Crippen molar-refractivity contribution in [2.45, 2.75) is 25.9 Å². The van der Waals surface area contributed by atoms with Gasteiger partial charge in [-0.3, -0.25) is 19.8 Å². The lowest BCUT2D eigenvalue weighted by Gasteiger charge is -2.37. The number of rotatable bonds is 8. The number of hydrogen-bond donors (Lipinski definition) is 2. The Morgan fingerprint density at radius 2 is 1.11 bits per heavy atom. The molecular weight excluding hydrogens is 491 g/mol. The predicted molar refractivity (Wildman–Crippen MR) is 153 cm³/mol. The van der Waals surface area contributed by atoms with Gasteiger partial charge in [0, 0.05) is 95.9 Å². The highest BCUT2D eigenvalue weighted by atomic mass is 35.5. The molecule has 1 saturated heterocycles. The van der Waals surface area contributed by atoms with E-state index in [1.165, 1.54) is 0 Å². The summed E-state index contributed by atoms with van der Waals surface area (Å²) in [7, 11) is 0. The van der Waals surface area contributed by atoms with Crippen LogP contribution in [0.3, 0.4) is 0 Å². The molecule has 2 atom stereocenters. The Bertz CT molecular complexity index is 1240. The summed E-state index contributed by atoms with van der Waals surface area (Å²) >= 11 is 12.3. The van der Waals surface area contributed by atoms with Crippen molar-refractivity contribution in [1.82, 2.24) is 19.8 Å². The highest BCUT2D eigenvalue weighted by Crippen LogP contribution is 2.26. The molecule has 2 N–H and O–H groups in total. The van der Waals surface area contributed by atoms with E-state index in [0.717, 1.165) is 72.4 Å². The molecule has 188 valence electrons. The average molecular weight is 524 g/mol. The third kappa shape index (κ3) is 6.01. The van der Waals surface area contributed by atoms with Crippen molar-refractivity contribution in [3.63, 3.8) is 0 Å². The van der Waals surface area contributed by atoms with Gasteiger partial charge in [0.05, 0.1) is 11.0 Å². The second-order valence-electron chi connectivity index (χ2n) is 9.73. The minimum absolute atomic E-state index is 0.326. The Kier molecular flexibility index (Phi) is 7.77. The van der Waals surface area contributed by atoms with Gasteiger partial charge in [0.15, 0.2) is 0 Å². The second-order valence-corrected chi connectivity index (χ2v) is 10.6. The summed E-state index contributed by atoms with van der Waals surface area (Å²) in [5.74, 6) is 0. The van der Waals surface area contributed by atoms with E-state index in [1.807, 2.05) is 60.9 Å². The molecule has 2 aromatic carbocycles. The molecule has 0 radical (unpaired) electrons. The number of nitrogens with one attached hydrogen (secondary N) is 2. The lowest BCUT2D eigenvalue weighted by atomic mass is 10.1. The Morgan fingerprint density at radius 3 is 1.53 bits per heavy atom. The summed E-state index contributed by atoms with van der Waals surface area (Å²) in [6.07, 6.45) is 3.68. The zero-order valence-corrected chi connectivity index (χ0v) is 22.2. The second kappa shape index (κ2) is 11.2. The van der Waals surface area contributed by atoms with Crippen LogP contribution in [-0.2, 0) is 0 Å². The zero-order valence-electron chi connectivity index (χ0n) is 20.7. The van der Waals surface area contributed by atoms with E-state index in [9.17, 15) is 0 Å². The van der Waals surface area contributed by atoms with Gasteiger partial charge in [-0.25, -0.2) is 0 Å². The maximum Gasteiger partial charge on any atom is 0.0737 e. The summed E-state index contributed by atoms with van der Waals surface area (Å²) in [6, 6.07) is 16.5. The van der Waals surface area contributed by atoms with Crippen molar-refractivity contribution in [2.75, 3.05) is 49.9 Å². The molecular formula is C28H32Cl2N6. The average Bonchev–Trinajstić information content (AvgIpc) is 2.85. The SMILES string of the molecule is CC(CN1CCN(CC(C)Nc2ccnc3cc(Cl)ccc23)CC1)Nc1ccnc2cc(Cl)ccc12. The van der Waals surface area contributed by atoms with Crippen LogP contribution in [0.5, 0.6) is 0 Å². The van der Waals surface area contributed by atoms with Gasteiger partial charge >= 0.3 is 0 Å². The number of pyridine rings is 2. The Morgan fingerprint density at radius 1 is 0.694 bits per heavy atom. The number of nitrogens with zero attached hydrogens (tertiary/aromatic N) is 4. The number of aromatic nitrogens is 2. The smallest absolute Gasteiger partial charge is 0.0737 e. The van der Waals surface area contributed by atoms with E-state index in [0.29, 0.717) is 22.1 Å². The van der Waals surface area contributed by atoms with E-state index < -0.39 is 0 Å². The fourth-order valence-electron chi connectivity index (χ4n) is 5.05. The summed E-state index contributed by atoms with van der Waals surface area (Å²) in [6.45, 7) is 10.8. The zero-order chi connectivity index (χ0) is 25.1. The number of fused-ring (bicyclic) bond motifs is 2. The van der Waals surface area contributed by atoms with Crippen molar-refractivity contribution in [1.29, 1.82) is 0 Å². The van der Waals surface area contributed by atoms with Gasteiger partial charge < -0.3 is 10.6 Å². The molecule has 3 heterocycles. The minimum atomic E-state index is 0.326. The van der Waals surface area contributed by atoms with E-state index in [2.05, 4.69) is 44.2 Å². The lowest BCUT2D eigenvalue weighted by molar-refractivity contribution is 0.128. The monoisotopic (exact) mass is 522 g/mol. The molecule has 2 aromatic heterocycles. The number of anilines is 2. The van der Waals surface area contributed by atoms with E-state index >= 15 is 0 Å². The quantitative estimate of drug-likeness (QED) is 0.295. The third-order valence-corrected chi connectivity index (χ3v) is 7.21. The predicted octanol–water partition coefficient (Wildman–Crippen LogP) is 6.01. The van der Waals surface area contributed by atoms with Crippen molar-refractivity contribution in [3.8, 4) is 0 Å². The minimum Gasteiger partial charge on any atom is -0.381 e. The first kappa shape index (κ1) is 25.0. The van der Waals surface area contributed by atoms with Crippen LogP contribution >= 0.6 is 23.2 Å². The molecule has 6 nitrogen and oxygen atoms in total. The van der Waals surface area contributed by atoms with Crippen molar-refractivity contribution in [3.05, 3.63) is 71.0 Å². The summed E-state index contributed by atoms with van der Waals surface area (Å²) in [4.78, 5) is 14.0. The Labute approximate surface area is 222 Å². The largest absolute Gasteiger partial charge is 0.381 e. The number of halogens is 2. The maximum atomic E-state index is 6.14. The van der Waals surface area contributed by atoms with Gasteiger partial charge in [0.25, 0.3) is 0 Å². The first-order chi connectivity index (χ1) is 17.4. The topological polar surface area (TPSA) is 56.3 Å². The fourth-order valence-corrected chi connectivity index (χ4v) is 5.38. The molecule has 0 aliphatic carbocycles. The van der Waals surface area contributed by atoms with Crippen LogP contribution in [0.1, 0.15) is 13.8 Å². The molecule has 1 aliphatic heterocycles. The lowest BCUT2D eigenvalue weighted by Crippen LogP contribution is -2.51. The number of benzene rings is 2. The van der Waals surface area contributed by atoms with Crippen LogP contribution in [0, 0.1) is 0 Å². The molecule has 1 aliphatic rings. The molecule has 2 unspecified atom stereocenters. The van der Waals surface area contributed by atoms with Crippen LogP contribution in [-0.4, -0.2) is 71.1 Å². The molecule has 1 fully saturated rings. The van der Waals surface area contributed by atoms with Gasteiger partial charge in [-0.15, -0.1) is 0 Å². The summed E-state index contributed by atoms with van der Waals surface area (Å²) in [5, 5.41) is 11.0. The van der Waals surface area contributed by atoms with E-state index in [1.54, 1.807) is 0 Å². The first-order valence-corrected chi connectivity index (χ1v) is 13.3. The third-order valence-electron chi connectivity index (χ3n) is 6.74. The highest BCUT2D eigenvalue weighted by molar-refractivity contribution is 6.31. The molecule has 8 heteroatoms. The van der Waals surface area contributed by atoms with Crippen LogP contribution in [0.2, 0.25) is 10.0 Å². The summed E-state index contributed by atoms with van der Waals surface area (Å²) < 4.78 is 0. The first-order valence-electron chi connectivity index (χ1n) is 12.5. The van der Waals surface area contributed by atoms with Crippen molar-refractivity contribution >= 4 is 56.4 Å². The van der Waals surface area contributed by atoms with E-state index in [-0.39, 0.29) is 0 Å². The van der Waals surface area contributed by atoms with Gasteiger partial charge in [0.1, 0.15) is 0 Å². The molecule has 5 rings (SSSR count). The van der Waals surface area contributed by atoms with Crippen molar-refractivity contribution in [2.24, 2.45) is 0 Å². The van der Waals surface area contributed by atoms with Crippen molar-refractivity contribution < 1.29 is 0 Å². The van der Waals surface area contributed by atoms with E-state index in [4.69, 9.17) is 23.2 Å². The molecule has 0 saturated carbocycles. The molecule has 0 amide bonds. The van der Waals surface area contributed by atoms with Crippen LogP contribution < -0.4 is 10.6 Å². The molecule has 4 aromatic rings. The molecule has 36 heavy (non-hydrogen) atoms. The normalized spacial score (nSPS) is 16.8. The van der Waals surface area contributed by atoms with Crippen LogP contribution in [0.15, 0.2) is 60.9 Å². The van der Waals surface area contributed by atoms with Gasteiger partial charge in [-0.2, -0.15) is 0 Å². The number of hydrogen-bond acceptors (Lipinski definition) is 6. The Hall–Kier alpha value is -2.64. The molecule has 0 spiro atoms. The van der Waals surface area contributed by atoms with Crippen LogP contribution in [0.4, 0.5) is 11.4 Å². The van der Waals surface area contributed by atoms with Gasteiger partial charge in [-0.05, 0) is 62.4 Å². The maximum absolute atomic E-state index is 6.14. The number of piperazine rings is 1. The highest BCUT2D eigenvalue weighted by Gasteiger charge is 2.20.